The van der Waals surface area contributed by atoms with Crippen molar-refractivity contribution < 1.29 is 0 Å². The van der Waals surface area contributed by atoms with Crippen molar-refractivity contribution in [2.24, 2.45) is 12.0 Å². The van der Waals surface area contributed by atoms with Gasteiger partial charge in [0.05, 0.1) is 6.54 Å². The smallest absolute Gasteiger partial charge is 0.193 e. The number of halogens is 2. The SMILES string of the molecule is CCN(CC)C(C)CNC(=NC)N(C)Cc1cc(Br)cn1C.I. The fourth-order valence-electron chi connectivity index (χ4n) is 2.64. The van der Waals surface area contributed by atoms with Crippen LogP contribution in [0.15, 0.2) is 21.7 Å². The summed E-state index contributed by atoms with van der Waals surface area (Å²) in [5.74, 6) is 0.927. The van der Waals surface area contributed by atoms with Crippen LogP contribution in [0.4, 0.5) is 0 Å². The molecule has 23 heavy (non-hydrogen) atoms. The van der Waals surface area contributed by atoms with Gasteiger partial charge in [-0.15, -0.1) is 24.0 Å². The van der Waals surface area contributed by atoms with Crippen molar-refractivity contribution in [3.63, 3.8) is 0 Å². The Labute approximate surface area is 166 Å². The summed E-state index contributed by atoms with van der Waals surface area (Å²) in [6.45, 7) is 10.5. The van der Waals surface area contributed by atoms with Gasteiger partial charge >= 0.3 is 0 Å². The minimum atomic E-state index is 0. The van der Waals surface area contributed by atoms with E-state index < -0.39 is 0 Å². The van der Waals surface area contributed by atoms with E-state index >= 15 is 0 Å². The number of hydrogen-bond acceptors (Lipinski definition) is 2. The Bertz CT molecular complexity index is 485. The molecule has 0 aromatic carbocycles. The third-order valence-electron chi connectivity index (χ3n) is 4.04. The van der Waals surface area contributed by atoms with E-state index in [9.17, 15) is 0 Å². The molecule has 0 spiro atoms. The van der Waals surface area contributed by atoms with Crippen LogP contribution in [0.3, 0.4) is 0 Å². The molecule has 1 atom stereocenters. The number of nitrogens with zero attached hydrogens (tertiary/aromatic N) is 4. The summed E-state index contributed by atoms with van der Waals surface area (Å²) >= 11 is 3.52. The topological polar surface area (TPSA) is 35.8 Å². The summed E-state index contributed by atoms with van der Waals surface area (Å²) in [4.78, 5) is 8.98. The van der Waals surface area contributed by atoms with Crippen molar-refractivity contribution in [1.29, 1.82) is 0 Å². The average Bonchev–Trinajstić information content (AvgIpc) is 2.78. The molecule has 0 bridgehead atoms. The number of rotatable bonds is 7. The van der Waals surface area contributed by atoms with Crippen LogP contribution in [0.25, 0.3) is 0 Å². The maximum Gasteiger partial charge on any atom is 0.193 e. The maximum atomic E-state index is 4.40. The van der Waals surface area contributed by atoms with Crippen LogP contribution in [-0.4, -0.2) is 60.1 Å². The minimum Gasteiger partial charge on any atom is -0.355 e. The van der Waals surface area contributed by atoms with Gasteiger partial charge in [-0.1, -0.05) is 13.8 Å². The van der Waals surface area contributed by atoms with Crippen molar-refractivity contribution >= 4 is 45.9 Å². The van der Waals surface area contributed by atoms with Crippen LogP contribution in [0.2, 0.25) is 0 Å². The maximum absolute atomic E-state index is 4.40. The lowest BCUT2D eigenvalue weighted by Gasteiger charge is -2.29. The van der Waals surface area contributed by atoms with Crippen molar-refractivity contribution in [3.8, 4) is 0 Å². The van der Waals surface area contributed by atoms with Gasteiger partial charge in [-0.05, 0) is 42.0 Å². The van der Waals surface area contributed by atoms with E-state index in [2.05, 4.69) is 87.7 Å². The second-order valence-corrected chi connectivity index (χ2v) is 6.53. The summed E-state index contributed by atoms with van der Waals surface area (Å²) in [5.41, 5.74) is 1.24. The molecule has 0 aliphatic carbocycles. The van der Waals surface area contributed by atoms with E-state index in [1.165, 1.54) is 5.69 Å². The first-order valence-corrected chi connectivity index (χ1v) is 8.68. The predicted molar refractivity (Wildman–Crippen MR) is 114 cm³/mol. The molecule has 1 N–H and O–H groups in total. The fraction of sp³-hybridized carbons (Fsp3) is 0.688. The summed E-state index contributed by atoms with van der Waals surface area (Å²) in [5, 5.41) is 3.48. The Hall–Kier alpha value is -0.280. The molecule has 7 heteroatoms. The number of hydrogen-bond donors (Lipinski definition) is 1. The molecular formula is C16H31BrIN5. The molecular weight excluding hydrogens is 469 g/mol. The van der Waals surface area contributed by atoms with Crippen molar-refractivity contribution in [1.82, 2.24) is 19.7 Å². The highest BCUT2D eigenvalue weighted by molar-refractivity contribution is 14.0. The molecule has 1 aromatic rings. The Morgan fingerprint density at radius 3 is 2.43 bits per heavy atom. The van der Waals surface area contributed by atoms with Crippen LogP contribution in [-0.2, 0) is 13.6 Å². The van der Waals surface area contributed by atoms with Crippen LogP contribution in [0, 0.1) is 0 Å². The van der Waals surface area contributed by atoms with E-state index in [-0.39, 0.29) is 24.0 Å². The second-order valence-electron chi connectivity index (χ2n) is 5.61. The lowest BCUT2D eigenvalue weighted by Crippen LogP contribution is -2.46. The number of aliphatic imine (C=N–C) groups is 1. The van der Waals surface area contributed by atoms with Crippen molar-refractivity contribution in [2.45, 2.75) is 33.4 Å². The van der Waals surface area contributed by atoms with Gasteiger partial charge in [0.1, 0.15) is 0 Å². The van der Waals surface area contributed by atoms with Gasteiger partial charge in [-0.25, -0.2) is 0 Å². The third-order valence-corrected chi connectivity index (χ3v) is 4.47. The molecule has 0 saturated heterocycles. The van der Waals surface area contributed by atoms with Crippen LogP contribution >= 0.6 is 39.9 Å². The first kappa shape index (κ1) is 22.7. The predicted octanol–water partition coefficient (Wildman–Crippen LogP) is 3.14. The zero-order valence-electron chi connectivity index (χ0n) is 15.1. The average molecular weight is 500 g/mol. The molecule has 0 aliphatic heterocycles. The quantitative estimate of drug-likeness (QED) is 0.355. The molecule has 134 valence electrons. The first-order chi connectivity index (χ1) is 10.4. The Kier molecular flexibility index (Phi) is 11.2. The molecule has 1 aromatic heterocycles. The van der Waals surface area contributed by atoms with Gasteiger partial charge in [0, 0.05) is 50.1 Å². The number of nitrogens with one attached hydrogen (secondary N) is 1. The van der Waals surface area contributed by atoms with Crippen LogP contribution < -0.4 is 5.32 Å². The fourth-order valence-corrected chi connectivity index (χ4v) is 3.21. The summed E-state index contributed by atoms with van der Waals surface area (Å²) in [7, 11) is 5.96. The van der Waals surface area contributed by atoms with E-state index in [0.29, 0.717) is 6.04 Å². The molecule has 5 nitrogen and oxygen atoms in total. The largest absolute Gasteiger partial charge is 0.355 e. The highest BCUT2D eigenvalue weighted by atomic mass is 127. The van der Waals surface area contributed by atoms with E-state index in [0.717, 1.165) is 36.6 Å². The molecule has 0 radical (unpaired) electrons. The Morgan fingerprint density at radius 1 is 1.39 bits per heavy atom. The van der Waals surface area contributed by atoms with Crippen LogP contribution in [0.5, 0.6) is 0 Å². The molecule has 0 fully saturated rings. The van der Waals surface area contributed by atoms with E-state index in [1.54, 1.807) is 0 Å². The van der Waals surface area contributed by atoms with Crippen LogP contribution in [0.1, 0.15) is 26.5 Å². The van der Waals surface area contributed by atoms with Crippen molar-refractivity contribution in [2.75, 3.05) is 33.7 Å². The van der Waals surface area contributed by atoms with Gasteiger partial charge in [-0.3, -0.25) is 9.89 Å². The molecule has 1 heterocycles. The first-order valence-electron chi connectivity index (χ1n) is 7.89. The summed E-state index contributed by atoms with van der Waals surface area (Å²) in [6, 6.07) is 2.63. The Morgan fingerprint density at radius 2 is 2.00 bits per heavy atom. The number of likely N-dealkylation sites (N-methyl/N-ethyl adjacent to an activating group) is 1. The van der Waals surface area contributed by atoms with E-state index in [4.69, 9.17) is 0 Å². The van der Waals surface area contributed by atoms with Crippen molar-refractivity contribution in [3.05, 3.63) is 22.4 Å². The molecule has 1 rings (SSSR count). The van der Waals surface area contributed by atoms with Gasteiger partial charge in [0.25, 0.3) is 0 Å². The van der Waals surface area contributed by atoms with E-state index in [1.807, 2.05) is 7.05 Å². The number of aromatic nitrogens is 1. The number of aryl methyl sites for hydroxylation is 1. The molecule has 0 aliphatic rings. The standard InChI is InChI=1S/C16H30BrN5.HI/c1-7-22(8-2)13(3)10-19-16(18-4)21(6)12-15-9-14(17)11-20(15)5;/h9,11,13H,7-8,10,12H2,1-6H3,(H,18,19);1H. The Balaban J connectivity index is 0.00000484. The molecule has 0 amide bonds. The van der Waals surface area contributed by atoms with Gasteiger partial charge < -0.3 is 14.8 Å². The van der Waals surface area contributed by atoms with Gasteiger partial charge in [0.15, 0.2) is 5.96 Å². The summed E-state index contributed by atoms with van der Waals surface area (Å²) in [6.07, 6.45) is 2.07. The second kappa shape index (κ2) is 11.3. The van der Waals surface area contributed by atoms with Gasteiger partial charge in [-0.2, -0.15) is 0 Å². The van der Waals surface area contributed by atoms with Gasteiger partial charge in [0.2, 0.25) is 0 Å². The lowest BCUT2D eigenvalue weighted by molar-refractivity contribution is 0.230. The zero-order chi connectivity index (χ0) is 16.7. The highest BCUT2D eigenvalue weighted by Crippen LogP contribution is 2.14. The normalized spacial score (nSPS) is 13.0. The minimum absolute atomic E-state index is 0. The third kappa shape index (κ3) is 7.01. The highest BCUT2D eigenvalue weighted by Gasteiger charge is 2.13. The lowest BCUT2D eigenvalue weighted by atomic mass is 10.3. The number of guanidine groups is 1. The summed E-state index contributed by atoms with van der Waals surface area (Å²) < 4.78 is 3.24. The monoisotopic (exact) mass is 499 g/mol. The zero-order valence-corrected chi connectivity index (χ0v) is 19.1. The molecule has 0 saturated carbocycles. The molecule has 1 unspecified atom stereocenters.